The average molecular weight is 300 g/mol. The van der Waals surface area contributed by atoms with E-state index in [0.29, 0.717) is 0 Å². The summed E-state index contributed by atoms with van der Waals surface area (Å²) in [7, 11) is 0. The maximum atomic E-state index is 10.2. The van der Waals surface area contributed by atoms with E-state index in [4.69, 9.17) is 0 Å². The molecule has 114 valence electrons. The normalized spacial score (nSPS) is 14.0. The zero-order chi connectivity index (χ0) is 15.6. The Labute approximate surface area is 138 Å². The first-order valence-corrected chi connectivity index (χ1v) is 8.58. The van der Waals surface area contributed by atoms with Gasteiger partial charge in [-0.2, -0.15) is 0 Å². The molecule has 0 spiro atoms. The van der Waals surface area contributed by atoms with Crippen molar-refractivity contribution in [3.05, 3.63) is 77.4 Å². The minimum Gasteiger partial charge on any atom is -0.446 e. The molecular formula is C21H21BO. The topological polar surface area (TPSA) is 20.2 Å². The molecule has 4 rings (SSSR count). The van der Waals surface area contributed by atoms with Gasteiger partial charge in [0.25, 0.3) is 0 Å². The van der Waals surface area contributed by atoms with Gasteiger partial charge < -0.3 is 5.02 Å². The van der Waals surface area contributed by atoms with E-state index in [1.165, 1.54) is 27.5 Å². The number of fused-ring (bicyclic) bond motifs is 2. The minimum atomic E-state index is -0.267. The van der Waals surface area contributed by atoms with Crippen molar-refractivity contribution in [2.24, 2.45) is 0 Å². The van der Waals surface area contributed by atoms with Crippen LogP contribution in [0.25, 0.3) is 10.8 Å². The molecular weight excluding hydrogens is 279 g/mol. The van der Waals surface area contributed by atoms with Crippen molar-refractivity contribution in [3.63, 3.8) is 0 Å². The van der Waals surface area contributed by atoms with Gasteiger partial charge in [0.05, 0.1) is 0 Å². The molecule has 1 nitrogen and oxygen atoms in total. The summed E-state index contributed by atoms with van der Waals surface area (Å²) in [6.07, 6.45) is 5.17. The Balaban J connectivity index is 1.58. The molecule has 0 amide bonds. The first-order valence-electron chi connectivity index (χ1n) is 8.58. The molecule has 0 saturated carbocycles. The van der Waals surface area contributed by atoms with Crippen LogP contribution in [0.1, 0.15) is 23.1 Å². The summed E-state index contributed by atoms with van der Waals surface area (Å²) < 4.78 is 0. The fourth-order valence-corrected chi connectivity index (χ4v) is 3.77. The van der Waals surface area contributed by atoms with Gasteiger partial charge in [0.1, 0.15) is 0 Å². The molecule has 1 N–H and O–H groups in total. The van der Waals surface area contributed by atoms with Crippen molar-refractivity contribution in [1.82, 2.24) is 0 Å². The van der Waals surface area contributed by atoms with Crippen LogP contribution in [0, 0.1) is 0 Å². The van der Waals surface area contributed by atoms with Crippen molar-refractivity contribution < 1.29 is 5.02 Å². The van der Waals surface area contributed by atoms with Crippen molar-refractivity contribution in [3.8, 4) is 0 Å². The summed E-state index contributed by atoms with van der Waals surface area (Å²) >= 11 is 0. The molecule has 0 bridgehead atoms. The van der Waals surface area contributed by atoms with Gasteiger partial charge in [-0.25, -0.2) is 0 Å². The first kappa shape index (κ1) is 14.5. The molecule has 3 aromatic rings. The molecule has 2 heteroatoms. The van der Waals surface area contributed by atoms with Crippen molar-refractivity contribution in [2.75, 3.05) is 0 Å². The van der Waals surface area contributed by atoms with E-state index in [1.807, 2.05) is 0 Å². The van der Waals surface area contributed by atoms with Crippen LogP contribution in [-0.4, -0.2) is 11.9 Å². The van der Waals surface area contributed by atoms with Gasteiger partial charge in [0, 0.05) is 0 Å². The summed E-state index contributed by atoms with van der Waals surface area (Å²) in [4.78, 5) is 0. The second-order valence-electron chi connectivity index (χ2n) is 6.58. The van der Waals surface area contributed by atoms with E-state index >= 15 is 0 Å². The molecule has 3 aromatic carbocycles. The van der Waals surface area contributed by atoms with Crippen LogP contribution in [0.2, 0.25) is 6.32 Å². The molecule has 1 aliphatic heterocycles. The second kappa shape index (κ2) is 6.21. The lowest BCUT2D eigenvalue weighted by molar-refractivity contribution is 0.574. The Morgan fingerprint density at radius 2 is 1.78 bits per heavy atom. The van der Waals surface area contributed by atoms with Crippen LogP contribution < -0.4 is 5.46 Å². The third-order valence-corrected chi connectivity index (χ3v) is 5.06. The van der Waals surface area contributed by atoms with E-state index in [0.717, 1.165) is 37.5 Å². The maximum Gasteiger partial charge on any atom is 0.323 e. The van der Waals surface area contributed by atoms with Crippen LogP contribution in [0.3, 0.4) is 0 Å². The van der Waals surface area contributed by atoms with Crippen LogP contribution in [0.4, 0.5) is 0 Å². The van der Waals surface area contributed by atoms with Crippen molar-refractivity contribution in [2.45, 2.75) is 32.0 Å². The first-order chi connectivity index (χ1) is 11.3. The van der Waals surface area contributed by atoms with Gasteiger partial charge in [-0.3, -0.25) is 0 Å². The Kier molecular flexibility index (Phi) is 3.93. The monoisotopic (exact) mass is 300 g/mol. The highest BCUT2D eigenvalue weighted by Crippen LogP contribution is 2.21. The minimum absolute atomic E-state index is 0.267. The highest BCUT2D eigenvalue weighted by molar-refractivity contribution is 6.67. The van der Waals surface area contributed by atoms with E-state index in [-0.39, 0.29) is 6.92 Å². The Bertz CT molecular complexity index is 835. The second-order valence-corrected chi connectivity index (χ2v) is 6.58. The number of benzene rings is 3. The third-order valence-electron chi connectivity index (χ3n) is 5.06. The SMILES string of the molecule is OB1CCCc2ccc(CCc3cccc4ccccc34)cc21. The largest absolute Gasteiger partial charge is 0.446 e. The van der Waals surface area contributed by atoms with Crippen LogP contribution in [0.15, 0.2) is 60.7 Å². The number of aryl methyl sites for hydroxylation is 3. The van der Waals surface area contributed by atoms with Gasteiger partial charge >= 0.3 is 6.92 Å². The van der Waals surface area contributed by atoms with Gasteiger partial charge in [-0.05, 0) is 52.9 Å². The van der Waals surface area contributed by atoms with Crippen molar-refractivity contribution >= 4 is 23.2 Å². The van der Waals surface area contributed by atoms with Gasteiger partial charge in [0.15, 0.2) is 0 Å². The molecule has 0 unspecified atom stereocenters. The summed E-state index contributed by atoms with van der Waals surface area (Å²) in [6, 6.07) is 21.8. The number of rotatable bonds is 3. The molecule has 0 aromatic heterocycles. The molecule has 0 aliphatic carbocycles. The zero-order valence-electron chi connectivity index (χ0n) is 13.3. The van der Waals surface area contributed by atoms with E-state index < -0.39 is 0 Å². The number of hydrogen-bond donors (Lipinski definition) is 1. The molecule has 1 heterocycles. The lowest BCUT2D eigenvalue weighted by Gasteiger charge is -2.19. The fraction of sp³-hybridized carbons (Fsp3) is 0.238. The Hall–Kier alpha value is -2.06. The standard InChI is InChI=1S/C21H21BO/c23-22-14-4-8-19-13-11-16(15-21(19)22)10-12-18-7-3-6-17-5-1-2-9-20(17)18/h1-3,5-7,9,11,13,15,23H,4,8,10,12,14H2. The zero-order valence-corrected chi connectivity index (χ0v) is 13.3. The predicted molar refractivity (Wildman–Crippen MR) is 98.5 cm³/mol. The summed E-state index contributed by atoms with van der Waals surface area (Å²) in [5.74, 6) is 0. The molecule has 23 heavy (non-hydrogen) atoms. The average Bonchev–Trinajstić information content (AvgIpc) is 2.60. The highest BCUT2D eigenvalue weighted by Gasteiger charge is 2.22. The quantitative estimate of drug-likeness (QED) is 0.730. The molecule has 0 fully saturated rings. The summed E-state index contributed by atoms with van der Waals surface area (Å²) in [5.41, 5.74) is 5.23. The lowest BCUT2D eigenvalue weighted by Crippen LogP contribution is -2.36. The van der Waals surface area contributed by atoms with Crippen LogP contribution in [-0.2, 0) is 19.3 Å². The van der Waals surface area contributed by atoms with Crippen molar-refractivity contribution in [1.29, 1.82) is 0 Å². The number of hydrogen-bond acceptors (Lipinski definition) is 1. The molecule has 1 aliphatic rings. The van der Waals surface area contributed by atoms with E-state index in [2.05, 4.69) is 60.7 Å². The maximum absolute atomic E-state index is 10.2. The predicted octanol–water partition coefficient (Wildman–Crippen LogP) is 3.76. The molecule has 0 atom stereocenters. The van der Waals surface area contributed by atoms with Gasteiger partial charge in [-0.15, -0.1) is 0 Å². The van der Waals surface area contributed by atoms with Gasteiger partial charge in [-0.1, -0.05) is 72.6 Å². The van der Waals surface area contributed by atoms with E-state index in [9.17, 15) is 5.02 Å². The van der Waals surface area contributed by atoms with Gasteiger partial charge in [0.2, 0.25) is 0 Å². The van der Waals surface area contributed by atoms with Crippen LogP contribution in [0.5, 0.6) is 0 Å². The highest BCUT2D eigenvalue weighted by atomic mass is 16.2. The smallest absolute Gasteiger partial charge is 0.323 e. The molecule has 0 radical (unpaired) electrons. The Morgan fingerprint density at radius 1 is 0.913 bits per heavy atom. The van der Waals surface area contributed by atoms with Crippen LogP contribution >= 0.6 is 0 Å². The fourth-order valence-electron chi connectivity index (χ4n) is 3.77. The Morgan fingerprint density at radius 3 is 2.74 bits per heavy atom. The third kappa shape index (κ3) is 2.91. The summed E-state index contributed by atoms with van der Waals surface area (Å²) in [5, 5.41) is 12.9. The lowest BCUT2D eigenvalue weighted by atomic mass is 9.53. The summed E-state index contributed by atoms with van der Waals surface area (Å²) in [6.45, 7) is -0.267. The van der Waals surface area contributed by atoms with E-state index in [1.54, 1.807) is 0 Å². The molecule has 0 saturated heterocycles.